The highest BCUT2D eigenvalue weighted by Gasteiger charge is 2.28. The second-order valence-electron chi connectivity index (χ2n) is 5.38. The first-order chi connectivity index (χ1) is 11.6. The van der Waals surface area contributed by atoms with Gasteiger partial charge in [-0.1, -0.05) is 30.3 Å². The van der Waals surface area contributed by atoms with Crippen LogP contribution in [0.4, 0.5) is 11.4 Å². The second kappa shape index (κ2) is 5.68. The molecule has 1 aromatic heterocycles. The maximum absolute atomic E-state index is 12.9. The average Bonchev–Trinajstić information content (AvgIpc) is 2.61. The van der Waals surface area contributed by atoms with E-state index in [1.54, 1.807) is 36.5 Å². The number of ether oxygens (including phenoxy) is 1. The highest BCUT2D eigenvalue weighted by molar-refractivity contribution is 7.94. The molecule has 1 aliphatic rings. The Balaban J connectivity index is 1.74. The Morgan fingerprint density at radius 3 is 2.79 bits per heavy atom. The summed E-state index contributed by atoms with van der Waals surface area (Å²) in [6, 6.07) is 16.2. The van der Waals surface area contributed by atoms with E-state index in [1.165, 1.54) is 4.31 Å². The van der Waals surface area contributed by atoms with Crippen molar-refractivity contribution < 1.29 is 13.2 Å². The number of fused-ring (bicyclic) bond motifs is 2. The molecule has 0 bridgehead atoms. The summed E-state index contributed by atoms with van der Waals surface area (Å²) >= 11 is 0. The Morgan fingerprint density at radius 1 is 1.04 bits per heavy atom. The van der Waals surface area contributed by atoms with Crippen LogP contribution in [-0.2, 0) is 10.2 Å². The van der Waals surface area contributed by atoms with Crippen LogP contribution in [0.2, 0.25) is 0 Å². The third-order valence-corrected chi connectivity index (χ3v) is 5.29. The molecular formula is C17H15N3O3S. The number of hydrogen-bond donors (Lipinski definition) is 1. The number of nitrogens with zero attached hydrogens (tertiary/aromatic N) is 2. The van der Waals surface area contributed by atoms with Gasteiger partial charge in [0.15, 0.2) is 0 Å². The van der Waals surface area contributed by atoms with Gasteiger partial charge in [0.2, 0.25) is 0 Å². The van der Waals surface area contributed by atoms with Crippen LogP contribution in [-0.4, -0.2) is 26.6 Å². The molecule has 0 amide bonds. The van der Waals surface area contributed by atoms with Crippen LogP contribution < -0.4 is 13.8 Å². The van der Waals surface area contributed by atoms with Crippen molar-refractivity contribution in [2.75, 3.05) is 22.2 Å². The van der Waals surface area contributed by atoms with Crippen LogP contribution >= 0.6 is 0 Å². The van der Waals surface area contributed by atoms with E-state index in [4.69, 9.17) is 4.74 Å². The molecule has 0 unspecified atom stereocenters. The molecule has 4 rings (SSSR count). The fourth-order valence-corrected chi connectivity index (χ4v) is 4.05. The molecule has 3 aromatic rings. The van der Waals surface area contributed by atoms with E-state index in [-0.39, 0.29) is 6.54 Å². The summed E-state index contributed by atoms with van der Waals surface area (Å²) in [6.07, 6.45) is 1.64. The molecule has 2 heterocycles. The maximum Gasteiger partial charge on any atom is 0.324 e. The first kappa shape index (κ1) is 14.8. The number of rotatable bonds is 3. The van der Waals surface area contributed by atoms with Crippen molar-refractivity contribution >= 4 is 32.5 Å². The molecule has 6 nitrogen and oxygen atoms in total. The normalized spacial score (nSPS) is 14.1. The Kier molecular flexibility index (Phi) is 3.50. The van der Waals surface area contributed by atoms with Crippen molar-refractivity contribution in [2.45, 2.75) is 0 Å². The van der Waals surface area contributed by atoms with Gasteiger partial charge in [-0.2, -0.15) is 8.42 Å². The summed E-state index contributed by atoms with van der Waals surface area (Å²) in [4.78, 5) is 4.28. The molecule has 122 valence electrons. The maximum atomic E-state index is 12.9. The average molecular weight is 341 g/mol. The summed E-state index contributed by atoms with van der Waals surface area (Å²) in [5.41, 5.74) is 1.60. The van der Waals surface area contributed by atoms with Crippen LogP contribution in [0, 0.1) is 0 Å². The molecular weight excluding hydrogens is 326 g/mol. The van der Waals surface area contributed by atoms with Gasteiger partial charge in [-0.3, -0.25) is 9.71 Å². The fourth-order valence-electron chi connectivity index (χ4n) is 2.77. The van der Waals surface area contributed by atoms with Gasteiger partial charge >= 0.3 is 10.2 Å². The molecule has 0 fully saturated rings. The van der Waals surface area contributed by atoms with E-state index in [2.05, 4.69) is 9.71 Å². The Hall–Kier alpha value is -2.80. The van der Waals surface area contributed by atoms with Crippen LogP contribution in [0.1, 0.15) is 0 Å². The number of pyridine rings is 1. The summed E-state index contributed by atoms with van der Waals surface area (Å²) in [5, 5.41) is 0.875. The van der Waals surface area contributed by atoms with Crippen molar-refractivity contribution in [3.05, 3.63) is 60.8 Å². The predicted octanol–water partition coefficient (Wildman–Crippen LogP) is 2.79. The fraction of sp³-hybridized carbons (Fsp3) is 0.118. The number of aromatic nitrogens is 1. The van der Waals surface area contributed by atoms with E-state index in [9.17, 15) is 8.42 Å². The summed E-state index contributed by atoms with van der Waals surface area (Å²) in [5.74, 6) is 0.560. The number of nitrogens with one attached hydrogen (secondary N) is 1. The van der Waals surface area contributed by atoms with Crippen LogP contribution in [0.15, 0.2) is 60.8 Å². The van der Waals surface area contributed by atoms with Crippen molar-refractivity contribution in [1.29, 1.82) is 0 Å². The first-order valence-electron chi connectivity index (χ1n) is 7.51. The van der Waals surface area contributed by atoms with Crippen molar-refractivity contribution in [1.82, 2.24) is 4.98 Å². The SMILES string of the molecule is O=S(=O)(Nc1cccc2cccnc12)N1CCOc2ccccc21. The standard InChI is InChI=1S/C17H15N3O3S/c21-24(22,20-11-12-23-16-9-2-1-8-15(16)20)19-14-7-3-5-13-6-4-10-18-17(13)14/h1-10,19H,11-12H2. The zero-order chi connectivity index (χ0) is 16.6. The molecule has 7 heteroatoms. The highest BCUT2D eigenvalue weighted by atomic mass is 32.2. The van der Waals surface area contributed by atoms with Gasteiger partial charge in [0.05, 0.1) is 23.4 Å². The first-order valence-corrected chi connectivity index (χ1v) is 8.95. The van der Waals surface area contributed by atoms with Crippen LogP contribution in [0.25, 0.3) is 10.9 Å². The lowest BCUT2D eigenvalue weighted by atomic mass is 10.2. The number of anilines is 2. The molecule has 0 saturated carbocycles. The van der Waals surface area contributed by atoms with Crippen LogP contribution in [0.5, 0.6) is 5.75 Å². The zero-order valence-corrected chi connectivity index (χ0v) is 13.5. The third-order valence-electron chi connectivity index (χ3n) is 3.85. The molecule has 0 saturated heterocycles. The second-order valence-corrected chi connectivity index (χ2v) is 6.97. The Labute approximate surface area is 139 Å². The molecule has 1 aliphatic heterocycles. The lowest BCUT2D eigenvalue weighted by molar-refractivity contribution is 0.316. The molecule has 1 N–H and O–H groups in total. The number of para-hydroxylation sites is 3. The van der Waals surface area contributed by atoms with Gasteiger partial charge in [0.25, 0.3) is 0 Å². The minimum Gasteiger partial charge on any atom is -0.489 e. The quantitative estimate of drug-likeness (QED) is 0.795. The topological polar surface area (TPSA) is 71.5 Å². The Bertz CT molecular complexity index is 999. The smallest absolute Gasteiger partial charge is 0.324 e. The molecule has 0 atom stereocenters. The lowest BCUT2D eigenvalue weighted by Gasteiger charge is -2.30. The summed E-state index contributed by atoms with van der Waals surface area (Å²) < 4.78 is 35.3. The lowest BCUT2D eigenvalue weighted by Crippen LogP contribution is -2.41. The highest BCUT2D eigenvalue weighted by Crippen LogP contribution is 2.33. The number of hydrogen-bond acceptors (Lipinski definition) is 4. The minimum atomic E-state index is -3.78. The van der Waals surface area contributed by atoms with Gasteiger partial charge in [-0.05, 0) is 24.3 Å². The van der Waals surface area contributed by atoms with Gasteiger partial charge in [-0.15, -0.1) is 0 Å². The largest absolute Gasteiger partial charge is 0.489 e. The molecule has 2 aromatic carbocycles. The minimum absolute atomic E-state index is 0.255. The number of benzene rings is 2. The van der Waals surface area contributed by atoms with E-state index in [1.807, 2.05) is 24.3 Å². The monoisotopic (exact) mass is 341 g/mol. The van der Waals surface area contributed by atoms with Crippen molar-refractivity contribution in [3.8, 4) is 5.75 Å². The summed E-state index contributed by atoms with van der Waals surface area (Å²) in [6.45, 7) is 0.566. The summed E-state index contributed by atoms with van der Waals surface area (Å²) in [7, 11) is -3.78. The molecule has 0 aliphatic carbocycles. The van der Waals surface area contributed by atoms with Crippen molar-refractivity contribution in [3.63, 3.8) is 0 Å². The van der Waals surface area contributed by atoms with E-state index in [0.717, 1.165) is 5.39 Å². The zero-order valence-electron chi connectivity index (χ0n) is 12.7. The molecule has 24 heavy (non-hydrogen) atoms. The predicted molar refractivity (Wildman–Crippen MR) is 93.6 cm³/mol. The van der Waals surface area contributed by atoms with Gasteiger partial charge in [0, 0.05) is 11.6 Å². The third kappa shape index (κ3) is 2.52. The van der Waals surface area contributed by atoms with E-state index >= 15 is 0 Å². The van der Waals surface area contributed by atoms with E-state index < -0.39 is 10.2 Å². The Morgan fingerprint density at radius 2 is 1.88 bits per heavy atom. The van der Waals surface area contributed by atoms with E-state index in [0.29, 0.717) is 29.2 Å². The van der Waals surface area contributed by atoms with Gasteiger partial charge in [-0.25, -0.2) is 4.31 Å². The van der Waals surface area contributed by atoms with Gasteiger partial charge < -0.3 is 4.74 Å². The van der Waals surface area contributed by atoms with Crippen molar-refractivity contribution in [2.24, 2.45) is 0 Å². The van der Waals surface area contributed by atoms with Gasteiger partial charge in [0.1, 0.15) is 12.4 Å². The molecule has 0 spiro atoms. The van der Waals surface area contributed by atoms with Crippen LogP contribution in [0.3, 0.4) is 0 Å². The molecule has 0 radical (unpaired) electrons.